The molecule has 0 bridgehead atoms. The van der Waals surface area contributed by atoms with E-state index in [0.717, 1.165) is 34.0 Å². The largest absolute Gasteiger partial charge is 0.497 e. The first kappa shape index (κ1) is 22.7. The summed E-state index contributed by atoms with van der Waals surface area (Å²) in [5, 5.41) is 6.23. The number of rotatable bonds is 7. The van der Waals surface area contributed by atoms with Crippen LogP contribution in [0.3, 0.4) is 0 Å². The van der Waals surface area contributed by atoms with E-state index in [2.05, 4.69) is 20.6 Å². The van der Waals surface area contributed by atoms with Gasteiger partial charge in [0.15, 0.2) is 0 Å². The molecule has 3 aromatic carbocycles. The van der Waals surface area contributed by atoms with Gasteiger partial charge in [0.25, 0.3) is 5.91 Å². The third-order valence-electron chi connectivity index (χ3n) is 5.12. The number of nitrogens with zero attached hydrogens (tertiary/aromatic N) is 2. The van der Waals surface area contributed by atoms with Gasteiger partial charge in [0.1, 0.15) is 5.75 Å². The molecule has 0 spiro atoms. The number of aromatic nitrogens is 2. The van der Waals surface area contributed by atoms with Crippen LogP contribution in [0.25, 0.3) is 11.6 Å². The summed E-state index contributed by atoms with van der Waals surface area (Å²) in [4.78, 5) is 22.2. The summed E-state index contributed by atoms with van der Waals surface area (Å²) in [5.74, 6) is 1.08. The Morgan fingerprint density at radius 3 is 2.18 bits per heavy atom. The Morgan fingerprint density at radius 1 is 0.824 bits per heavy atom. The van der Waals surface area contributed by atoms with Gasteiger partial charge >= 0.3 is 0 Å². The van der Waals surface area contributed by atoms with Crippen LogP contribution in [0.15, 0.2) is 84.9 Å². The molecule has 1 heterocycles. The van der Waals surface area contributed by atoms with Gasteiger partial charge in [-0.2, -0.15) is 0 Å². The summed E-state index contributed by atoms with van der Waals surface area (Å²) in [6.07, 6.45) is 1.87. The van der Waals surface area contributed by atoms with E-state index in [1.165, 1.54) is 0 Å². The van der Waals surface area contributed by atoms with Gasteiger partial charge in [0, 0.05) is 28.3 Å². The maximum Gasteiger partial charge on any atom is 0.256 e. The van der Waals surface area contributed by atoms with E-state index in [4.69, 9.17) is 4.74 Å². The molecular weight excluding hydrogens is 424 g/mol. The first-order chi connectivity index (χ1) is 16.5. The number of anilines is 3. The first-order valence-electron chi connectivity index (χ1n) is 10.9. The van der Waals surface area contributed by atoms with Crippen LogP contribution >= 0.6 is 0 Å². The summed E-state index contributed by atoms with van der Waals surface area (Å²) in [5.41, 5.74) is 5.50. The topological polar surface area (TPSA) is 76.1 Å². The van der Waals surface area contributed by atoms with Crippen molar-refractivity contribution in [1.29, 1.82) is 0 Å². The van der Waals surface area contributed by atoms with E-state index in [1.807, 2.05) is 105 Å². The number of hydrogen-bond acceptors (Lipinski definition) is 5. The van der Waals surface area contributed by atoms with Crippen LogP contribution in [0.5, 0.6) is 5.75 Å². The lowest BCUT2D eigenvalue weighted by atomic mass is 10.0. The van der Waals surface area contributed by atoms with Crippen molar-refractivity contribution in [2.75, 3.05) is 17.7 Å². The van der Waals surface area contributed by atoms with Gasteiger partial charge in [-0.1, -0.05) is 48.5 Å². The van der Waals surface area contributed by atoms with Crippen LogP contribution in [-0.4, -0.2) is 23.0 Å². The predicted octanol–water partition coefficient (Wildman–Crippen LogP) is 6.02. The smallest absolute Gasteiger partial charge is 0.256 e. The Balaban J connectivity index is 1.59. The normalized spacial score (nSPS) is 11.1. The maximum absolute atomic E-state index is 13.4. The lowest BCUT2D eigenvalue weighted by Crippen LogP contribution is -2.13. The van der Waals surface area contributed by atoms with Crippen LogP contribution in [-0.2, 0) is 4.79 Å². The molecule has 0 saturated heterocycles. The molecule has 0 aliphatic heterocycles. The van der Waals surface area contributed by atoms with Gasteiger partial charge in [-0.15, -0.1) is 0 Å². The van der Waals surface area contributed by atoms with E-state index in [9.17, 15) is 4.79 Å². The number of benzene rings is 3. The fourth-order valence-electron chi connectivity index (χ4n) is 3.55. The van der Waals surface area contributed by atoms with Crippen LogP contribution in [0.4, 0.5) is 17.3 Å². The Labute approximate surface area is 199 Å². The molecule has 4 aromatic rings. The molecule has 6 nitrogen and oxygen atoms in total. The number of aryl methyl sites for hydroxylation is 2. The second-order valence-electron chi connectivity index (χ2n) is 7.83. The molecule has 0 atom stereocenters. The van der Waals surface area contributed by atoms with Gasteiger partial charge in [-0.05, 0) is 67.4 Å². The zero-order chi connectivity index (χ0) is 23.9. The quantitative estimate of drug-likeness (QED) is 0.266. The van der Waals surface area contributed by atoms with Crippen molar-refractivity contribution >= 4 is 34.9 Å². The number of methoxy groups -OCH3 is 1. The third-order valence-corrected chi connectivity index (χ3v) is 5.12. The summed E-state index contributed by atoms with van der Waals surface area (Å²) < 4.78 is 5.24. The van der Waals surface area contributed by atoms with Gasteiger partial charge in [-0.3, -0.25) is 4.79 Å². The number of carbonyl (C=O) groups is 1. The average molecular weight is 451 g/mol. The lowest BCUT2D eigenvalue weighted by molar-refractivity contribution is -0.111. The molecule has 0 aliphatic rings. The van der Waals surface area contributed by atoms with Gasteiger partial charge in [0.05, 0.1) is 7.11 Å². The number of nitrogens with one attached hydrogen (secondary N) is 2. The second-order valence-corrected chi connectivity index (χ2v) is 7.83. The molecule has 0 radical (unpaired) electrons. The van der Waals surface area contributed by atoms with Crippen molar-refractivity contribution in [1.82, 2.24) is 9.97 Å². The van der Waals surface area contributed by atoms with E-state index < -0.39 is 0 Å². The van der Waals surface area contributed by atoms with Crippen LogP contribution < -0.4 is 15.4 Å². The zero-order valence-corrected chi connectivity index (χ0v) is 19.4. The molecule has 2 N–H and O–H groups in total. The fourth-order valence-corrected chi connectivity index (χ4v) is 3.55. The molecule has 6 heteroatoms. The van der Waals surface area contributed by atoms with Crippen LogP contribution in [0.1, 0.15) is 22.5 Å². The monoisotopic (exact) mass is 450 g/mol. The Hall–Kier alpha value is -4.45. The van der Waals surface area contributed by atoms with Crippen molar-refractivity contribution in [3.8, 4) is 5.75 Å². The highest BCUT2D eigenvalue weighted by molar-refractivity contribution is 6.29. The van der Waals surface area contributed by atoms with Gasteiger partial charge < -0.3 is 15.4 Å². The molecule has 170 valence electrons. The minimum Gasteiger partial charge on any atom is -0.497 e. The van der Waals surface area contributed by atoms with Gasteiger partial charge in [0.2, 0.25) is 5.95 Å². The standard InChI is InChI=1S/C28H26N4O2/c1-19-16-20(2)30-28(29-19)32-24-11-7-10-23(18-24)31-27(33)26(22-8-5-4-6-9-22)17-21-12-14-25(34-3)15-13-21/h4-18H,1-3H3,(H,31,33)(H,29,30,32)/b26-17+. The molecule has 4 rings (SSSR count). The van der Waals surface area contributed by atoms with Crippen molar-refractivity contribution in [2.45, 2.75) is 13.8 Å². The van der Waals surface area contributed by atoms with Gasteiger partial charge in [-0.25, -0.2) is 9.97 Å². The van der Waals surface area contributed by atoms with Crippen LogP contribution in [0.2, 0.25) is 0 Å². The zero-order valence-electron chi connectivity index (χ0n) is 19.4. The Morgan fingerprint density at radius 2 is 1.50 bits per heavy atom. The minimum atomic E-state index is -0.207. The van der Waals surface area contributed by atoms with Crippen molar-refractivity contribution in [3.63, 3.8) is 0 Å². The van der Waals surface area contributed by atoms with Crippen LogP contribution in [0, 0.1) is 13.8 Å². The van der Waals surface area contributed by atoms with Crippen molar-refractivity contribution in [3.05, 3.63) is 107 Å². The van der Waals surface area contributed by atoms with E-state index in [1.54, 1.807) is 7.11 Å². The second kappa shape index (κ2) is 10.4. The van der Waals surface area contributed by atoms with E-state index >= 15 is 0 Å². The maximum atomic E-state index is 13.4. The molecule has 0 fully saturated rings. The summed E-state index contributed by atoms with van der Waals surface area (Å²) in [7, 11) is 1.63. The third kappa shape index (κ3) is 5.86. The fraction of sp³-hybridized carbons (Fsp3) is 0.107. The summed E-state index contributed by atoms with van der Waals surface area (Å²) in [6, 6.07) is 26.6. The lowest BCUT2D eigenvalue weighted by Gasteiger charge is -2.12. The van der Waals surface area contributed by atoms with E-state index in [-0.39, 0.29) is 5.91 Å². The number of ether oxygens (including phenoxy) is 1. The molecule has 0 saturated carbocycles. The molecule has 1 amide bonds. The molecule has 1 aromatic heterocycles. The average Bonchev–Trinajstić information content (AvgIpc) is 2.83. The first-order valence-corrected chi connectivity index (χ1v) is 10.9. The van der Waals surface area contributed by atoms with E-state index in [0.29, 0.717) is 17.2 Å². The number of amides is 1. The van der Waals surface area contributed by atoms with Crippen molar-refractivity contribution in [2.24, 2.45) is 0 Å². The summed E-state index contributed by atoms with van der Waals surface area (Å²) in [6.45, 7) is 3.85. The highest BCUT2D eigenvalue weighted by Crippen LogP contribution is 2.24. The predicted molar refractivity (Wildman–Crippen MR) is 137 cm³/mol. The molecule has 0 aliphatic carbocycles. The Kier molecular flexibility index (Phi) is 6.98. The number of hydrogen-bond donors (Lipinski definition) is 2. The molecule has 34 heavy (non-hydrogen) atoms. The highest BCUT2D eigenvalue weighted by Gasteiger charge is 2.13. The number of carbonyl (C=O) groups excluding carboxylic acids is 1. The SMILES string of the molecule is COc1ccc(/C=C(/C(=O)Nc2cccc(Nc3nc(C)cc(C)n3)c2)c2ccccc2)cc1. The van der Waals surface area contributed by atoms with Crippen molar-refractivity contribution < 1.29 is 9.53 Å². The Bertz CT molecular complexity index is 1300. The molecule has 0 unspecified atom stereocenters. The highest BCUT2D eigenvalue weighted by atomic mass is 16.5. The molecular formula is C28H26N4O2. The minimum absolute atomic E-state index is 0.207. The summed E-state index contributed by atoms with van der Waals surface area (Å²) >= 11 is 0.